The molecule has 0 radical (unpaired) electrons. The third kappa shape index (κ3) is 3.55. The summed E-state index contributed by atoms with van der Waals surface area (Å²) >= 11 is 5.94. The van der Waals surface area contributed by atoms with Crippen LogP contribution >= 0.6 is 11.6 Å². The van der Waals surface area contributed by atoms with Gasteiger partial charge in [-0.1, -0.05) is 29.8 Å². The molecule has 1 atom stereocenters. The summed E-state index contributed by atoms with van der Waals surface area (Å²) in [5.74, 6) is -1.27. The molecule has 0 fully saturated rings. The molecule has 0 bridgehead atoms. The van der Waals surface area contributed by atoms with Crippen LogP contribution in [0.2, 0.25) is 5.02 Å². The van der Waals surface area contributed by atoms with Crippen LogP contribution in [-0.2, 0) is 9.59 Å². The zero-order valence-corrected chi connectivity index (χ0v) is 9.49. The van der Waals surface area contributed by atoms with Crippen molar-refractivity contribution in [1.29, 1.82) is 0 Å². The minimum atomic E-state index is -0.987. The van der Waals surface area contributed by atoms with E-state index in [1.807, 2.05) is 0 Å². The van der Waals surface area contributed by atoms with Gasteiger partial charge in [0.05, 0.1) is 12.5 Å². The maximum absolute atomic E-state index is 11.0. The molecule has 1 aromatic rings. The van der Waals surface area contributed by atoms with Crippen molar-refractivity contribution < 1.29 is 14.7 Å². The van der Waals surface area contributed by atoms with Gasteiger partial charge in [-0.25, -0.2) is 0 Å². The van der Waals surface area contributed by atoms with Crippen molar-refractivity contribution in [3.63, 3.8) is 0 Å². The summed E-state index contributed by atoms with van der Waals surface area (Å²) in [6.07, 6.45) is -0.191. The van der Waals surface area contributed by atoms with E-state index in [4.69, 9.17) is 16.7 Å². The maximum Gasteiger partial charge on any atom is 0.305 e. The summed E-state index contributed by atoms with van der Waals surface area (Å²) in [4.78, 5) is 21.7. The lowest BCUT2D eigenvalue weighted by Gasteiger charge is -2.17. The van der Waals surface area contributed by atoms with Crippen molar-refractivity contribution in [2.24, 2.45) is 0 Å². The van der Waals surface area contributed by atoms with E-state index in [1.54, 1.807) is 24.3 Å². The van der Waals surface area contributed by atoms with E-state index in [9.17, 15) is 9.59 Å². The smallest absolute Gasteiger partial charge is 0.305 e. The first-order valence-corrected chi connectivity index (χ1v) is 5.12. The fourth-order valence-corrected chi connectivity index (χ4v) is 1.68. The monoisotopic (exact) mass is 241 g/mol. The molecule has 1 unspecified atom stereocenters. The average Bonchev–Trinajstić information content (AvgIpc) is 2.15. The third-order valence-electron chi connectivity index (χ3n) is 2.04. The molecule has 0 aliphatic carbocycles. The van der Waals surface area contributed by atoms with Crippen LogP contribution in [0.5, 0.6) is 0 Å². The van der Waals surface area contributed by atoms with Gasteiger partial charge in [0, 0.05) is 11.9 Å². The molecule has 0 heterocycles. The first kappa shape index (κ1) is 12.5. The van der Waals surface area contributed by atoms with E-state index in [0.717, 1.165) is 0 Å². The predicted molar refractivity (Wildman–Crippen MR) is 60.3 cm³/mol. The minimum Gasteiger partial charge on any atom is -0.481 e. The van der Waals surface area contributed by atoms with E-state index in [-0.39, 0.29) is 12.3 Å². The van der Waals surface area contributed by atoms with Crippen LogP contribution in [0.3, 0.4) is 0 Å². The highest BCUT2D eigenvalue weighted by atomic mass is 35.5. The topological polar surface area (TPSA) is 66.4 Å². The highest BCUT2D eigenvalue weighted by Gasteiger charge is 2.18. The molecular weight excluding hydrogens is 230 g/mol. The number of amides is 1. The summed E-state index contributed by atoms with van der Waals surface area (Å²) in [7, 11) is 0. The Kier molecular flexibility index (Phi) is 4.31. The predicted octanol–water partition coefficient (Wildman–Crippen LogP) is 1.99. The summed E-state index contributed by atoms with van der Waals surface area (Å²) in [5, 5.41) is 11.8. The number of carboxylic acids is 1. The lowest BCUT2D eigenvalue weighted by atomic mass is 10.0. The Bertz CT molecular complexity index is 390. The van der Waals surface area contributed by atoms with Gasteiger partial charge in [0.15, 0.2) is 0 Å². The van der Waals surface area contributed by atoms with Gasteiger partial charge in [-0.05, 0) is 11.6 Å². The van der Waals surface area contributed by atoms with Gasteiger partial charge in [-0.15, -0.1) is 0 Å². The fourth-order valence-electron chi connectivity index (χ4n) is 1.42. The molecule has 86 valence electrons. The zero-order chi connectivity index (χ0) is 12.1. The molecule has 4 nitrogen and oxygen atoms in total. The lowest BCUT2D eigenvalue weighted by molar-refractivity contribution is -0.137. The SMILES string of the molecule is CC(=O)NC(CC(=O)O)c1ccccc1Cl. The van der Waals surface area contributed by atoms with Crippen molar-refractivity contribution in [1.82, 2.24) is 5.32 Å². The Labute approximate surface area is 98.2 Å². The van der Waals surface area contributed by atoms with Crippen LogP contribution in [0.4, 0.5) is 0 Å². The number of aliphatic carboxylic acids is 1. The van der Waals surface area contributed by atoms with Gasteiger partial charge in [0.2, 0.25) is 5.91 Å². The summed E-state index contributed by atoms with van der Waals surface area (Å²) in [6.45, 7) is 1.34. The highest BCUT2D eigenvalue weighted by Crippen LogP contribution is 2.24. The van der Waals surface area contributed by atoms with Crippen molar-refractivity contribution in [3.8, 4) is 0 Å². The second-order valence-corrected chi connectivity index (χ2v) is 3.78. The van der Waals surface area contributed by atoms with Gasteiger partial charge < -0.3 is 10.4 Å². The standard InChI is InChI=1S/C11H12ClNO3/c1-7(14)13-10(6-11(15)16)8-4-2-3-5-9(8)12/h2-5,10H,6H2,1H3,(H,13,14)(H,15,16). The minimum absolute atomic E-state index is 0.191. The van der Waals surface area contributed by atoms with Crippen LogP contribution in [0.25, 0.3) is 0 Å². The van der Waals surface area contributed by atoms with E-state index < -0.39 is 12.0 Å². The second-order valence-electron chi connectivity index (χ2n) is 3.37. The Morgan fingerprint density at radius 3 is 2.56 bits per heavy atom. The van der Waals surface area contributed by atoms with Crippen molar-refractivity contribution in [2.45, 2.75) is 19.4 Å². The van der Waals surface area contributed by atoms with Gasteiger partial charge in [-0.3, -0.25) is 9.59 Å². The van der Waals surface area contributed by atoms with Gasteiger partial charge in [-0.2, -0.15) is 0 Å². The molecule has 0 spiro atoms. The molecule has 0 saturated carbocycles. The molecule has 0 saturated heterocycles. The van der Waals surface area contributed by atoms with Crippen LogP contribution in [0.1, 0.15) is 24.9 Å². The highest BCUT2D eigenvalue weighted by molar-refractivity contribution is 6.31. The molecule has 5 heteroatoms. The van der Waals surface area contributed by atoms with Crippen molar-refractivity contribution in [3.05, 3.63) is 34.9 Å². The molecule has 1 rings (SSSR count). The number of halogens is 1. The van der Waals surface area contributed by atoms with Gasteiger partial charge >= 0.3 is 5.97 Å². The number of hydrogen-bond acceptors (Lipinski definition) is 2. The van der Waals surface area contributed by atoms with E-state index >= 15 is 0 Å². The molecular formula is C11H12ClNO3. The van der Waals surface area contributed by atoms with E-state index in [2.05, 4.69) is 5.32 Å². The normalized spacial score (nSPS) is 11.9. The molecule has 0 aromatic heterocycles. The van der Waals surface area contributed by atoms with Crippen molar-refractivity contribution >= 4 is 23.5 Å². The van der Waals surface area contributed by atoms with Crippen LogP contribution in [0, 0.1) is 0 Å². The summed E-state index contributed by atoms with van der Waals surface area (Å²) in [6, 6.07) is 6.26. The van der Waals surface area contributed by atoms with Gasteiger partial charge in [0.25, 0.3) is 0 Å². The maximum atomic E-state index is 11.0. The Morgan fingerprint density at radius 2 is 2.06 bits per heavy atom. The average molecular weight is 242 g/mol. The van der Waals surface area contributed by atoms with Crippen molar-refractivity contribution in [2.75, 3.05) is 0 Å². The fraction of sp³-hybridized carbons (Fsp3) is 0.273. The Morgan fingerprint density at radius 1 is 1.44 bits per heavy atom. The van der Waals surface area contributed by atoms with Gasteiger partial charge in [0.1, 0.15) is 0 Å². The number of benzene rings is 1. The first-order valence-electron chi connectivity index (χ1n) is 4.74. The summed E-state index contributed by atoms with van der Waals surface area (Å²) < 4.78 is 0. The van der Waals surface area contributed by atoms with E-state index in [0.29, 0.717) is 10.6 Å². The van der Waals surface area contributed by atoms with Crippen LogP contribution in [0.15, 0.2) is 24.3 Å². The van der Waals surface area contributed by atoms with E-state index in [1.165, 1.54) is 6.92 Å². The zero-order valence-electron chi connectivity index (χ0n) is 8.74. The number of carbonyl (C=O) groups excluding carboxylic acids is 1. The van der Waals surface area contributed by atoms with Crippen LogP contribution in [-0.4, -0.2) is 17.0 Å². The Balaban J connectivity index is 2.96. The number of rotatable bonds is 4. The molecule has 1 aromatic carbocycles. The number of carboxylic acid groups (broad SMARTS) is 1. The number of carbonyl (C=O) groups is 2. The third-order valence-corrected chi connectivity index (χ3v) is 2.38. The Hall–Kier alpha value is -1.55. The first-order chi connectivity index (χ1) is 7.50. The molecule has 2 N–H and O–H groups in total. The quantitative estimate of drug-likeness (QED) is 0.847. The lowest BCUT2D eigenvalue weighted by Crippen LogP contribution is -2.28. The van der Waals surface area contributed by atoms with Crippen LogP contribution < -0.4 is 5.32 Å². The second kappa shape index (κ2) is 5.51. The largest absolute Gasteiger partial charge is 0.481 e. The molecule has 16 heavy (non-hydrogen) atoms. The number of nitrogens with one attached hydrogen (secondary N) is 1. The summed E-state index contributed by atoms with van der Waals surface area (Å²) in [5.41, 5.74) is 0.613. The number of hydrogen-bond donors (Lipinski definition) is 2. The molecule has 0 aliphatic heterocycles. The molecule has 0 aliphatic rings. The molecule has 1 amide bonds.